The van der Waals surface area contributed by atoms with E-state index >= 15 is 0 Å². The lowest BCUT2D eigenvalue weighted by molar-refractivity contribution is 0.0934. The second-order valence-electron chi connectivity index (χ2n) is 4.71. The molecule has 1 unspecified atom stereocenters. The molecule has 0 aromatic heterocycles. The van der Waals surface area contributed by atoms with E-state index in [4.69, 9.17) is 4.74 Å². The van der Waals surface area contributed by atoms with Crippen LogP contribution in [0.5, 0.6) is 0 Å². The molecule has 0 bridgehead atoms. The monoisotopic (exact) mass is 224 g/mol. The van der Waals surface area contributed by atoms with Gasteiger partial charge in [-0.2, -0.15) is 0 Å². The number of ether oxygens (including phenoxy) is 1. The minimum atomic E-state index is -0.207. The summed E-state index contributed by atoms with van der Waals surface area (Å²) in [5.74, 6) is -0.207. The van der Waals surface area contributed by atoms with Gasteiger partial charge in [0.2, 0.25) is 0 Å². The molecule has 2 nitrogen and oxygen atoms in total. The van der Waals surface area contributed by atoms with Gasteiger partial charge in [0.1, 0.15) is 5.82 Å². The van der Waals surface area contributed by atoms with Gasteiger partial charge in [-0.05, 0) is 43.0 Å². The molecular formula is C13H17FO2. The van der Waals surface area contributed by atoms with Crippen molar-refractivity contribution in [1.29, 1.82) is 0 Å². The van der Waals surface area contributed by atoms with Crippen LogP contribution in [0.4, 0.5) is 4.39 Å². The van der Waals surface area contributed by atoms with Gasteiger partial charge >= 0.3 is 0 Å². The predicted octanol–water partition coefficient (Wildman–Crippen LogP) is 2.08. The standard InChI is InChI=1S/C13H17FO2/c1-10-6-12(14)3-2-11(10)7-13(8-15)4-5-16-9-13/h2-3,6,15H,4-5,7-9H2,1H3. The first-order valence-corrected chi connectivity index (χ1v) is 5.59. The van der Waals surface area contributed by atoms with Gasteiger partial charge in [-0.1, -0.05) is 6.07 Å². The highest BCUT2D eigenvalue weighted by Gasteiger charge is 2.34. The van der Waals surface area contributed by atoms with E-state index in [9.17, 15) is 9.50 Å². The van der Waals surface area contributed by atoms with Crippen molar-refractivity contribution in [1.82, 2.24) is 0 Å². The van der Waals surface area contributed by atoms with Crippen LogP contribution in [-0.4, -0.2) is 24.9 Å². The Morgan fingerprint density at radius 2 is 2.31 bits per heavy atom. The Hall–Kier alpha value is -0.930. The topological polar surface area (TPSA) is 29.5 Å². The summed E-state index contributed by atoms with van der Waals surface area (Å²) in [6, 6.07) is 4.82. The highest BCUT2D eigenvalue weighted by molar-refractivity contribution is 5.28. The Balaban J connectivity index is 2.19. The van der Waals surface area contributed by atoms with Gasteiger partial charge in [0.15, 0.2) is 0 Å². The van der Waals surface area contributed by atoms with Crippen LogP contribution in [-0.2, 0) is 11.2 Å². The smallest absolute Gasteiger partial charge is 0.123 e. The quantitative estimate of drug-likeness (QED) is 0.851. The fourth-order valence-corrected chi connectivity index (χ4v) is 2.23. The second kappa shape index (κ2) is 4.52. The van der Waals surface area contributed by atoms with Crippen LogP contribution in [0.3, 0.4) is 0 Å². The highest BCUT2D eigenvalue weighted by Crippen LogP contribution is 2.33. The summed E-state index contributed by atoms with van der Waals surface area (Å²) in [6.45, 7) is 3.34. The molecule has 1 aromatic carbocycles. The van der Waals surface area contributed by atoms with Crippen molar-refractivity contribution >= 4 is 0 Å². The molecule has 16 heavy (non-hydrogen) atoms. The van der Waals surface area contributed by atoms with E-state index in [2.05, 4.69) is 0 Å². The van der Waals surface area contributed by atoms with Crippen molar-refractivity contribution in [3.63, 3.8) is 0 Å². The van der Waals surface area contributed by atoms with Gasteiger partial charge in [-0.25, -0.2) is 4.39 Å². The van der Waals surface area contributed by atoms with Crippen LogP contribution < -0.4 is 0 Å². The molecule has 3 heteroatoms. The number of hydrogen-bond donors (Lipinski definition) is 1. The molecular weight excluding hydrogens is 207 g/mol. The molecule has 0 spiro atoms. The van der Waals surface area contributed by atoms with E-state index in [0.29, 0.717) is 13.2 Å². The molecule has 0 saturated carbocycles. The molecule has 0 aliphatic carbocycles. The molecule has 1 atom stereocenters. The maximum atomic E-state index is 13.0. The Labute approximate surface area is 95.1 Å². The normalized spacial score (nSPS) is 24.9. The highest BCUT2D eigenvalue weighted by atomic mass is 19.1. The van der Waals surface area contributed by atoms with Crippen LogP contribution in [0.15, 0.2) is 18.2 Å². The lowest BCUT2D eigenvalue weighted by atomic mass is 9.81. The molecule has 1 aliphatic heterocycles. The zero-order valence-electron chi connectivity index (χ0n) is 9.50. The van der Waals surface area contributed by atoms with Crippen molar-refractivity contribution in [2.45, 2.75) is 19.8 Å². The first-order chi connectivity index (χ1) is 7.65. The number of hydrogen-bond acceptors (Lipinski definition) is 2. The van der Waals surface area contributed by atoms with E-state index < -0.39 is 0 Å². The van der Waals surface area contributed by atoms with E-state index in [1.807, 2.05) is 6.92 Å². The van der Waals surface area contributed by atoms with Gasteiger partial charge in [0, 0.05) is 12.0 Å². The molecule has 0 radical (unpaired) electrons. The number of rotatable bonds is 3. The van der Waals surface area contributed by atoms with Gasteiger partial charge in [0.25, 0.3) is 0 Å². The fraction of sp³-hybridized carbons (Fsp3) is 0.538. The second-order valence-corrected chi connectivity index (χ2v) is 4.71. The van der Waals surface area contributed by atoms with Gasteiger partial charge < -0.3 is 9.84 Å². The van der Waals surface area contributed by atoms with Crippen molar-refractivity contribution < 1.29 is 14.2 Å². The van der Waals surface area contributed by atoms with E-state index in [1.165, 1.54) is 12.1 Å². The predicted molar refractivity (Wildman–Crippen MR) is 59.8 cm³/mol. The summed E-state index contributed by atoms with van der Waals surface area (Å²) in [6.07, 6.45) is 1.63. The van der Waals surface area contributed by atoms with Crippen molar-refractivity contribution in [2.75, 3.05) is 19.8 Å². The van der Waals surface area contributed by atoms with Crippen molar-refractivity contribution in [3.8, 4) is 0 Å². The van der Waals surface area contributed by atoms with Gasteiger partial charge in [0.05, 0.1) is 13.2 Å². The van der Waals surface area contributed by atoms with E-state index in [0.717, 1.165) is 24.0 Å². The average Bonchev–Trinajstić information content (AvgIpc) is 2.72. The number of aliphatic hydroxyl groups is 1. The number of aryl methyl sites for hydroxylation is 1. The molecule has 88 valence electrons. The lowest BCUT2D eigenvalue weighted by Gasteiger charge is -2.25. The number of halogens is 1. The van der Waals surface area contributed by atoms with Crippen LogP contribution >= 0.6 is 0 Å². The minimum absolute atomic E-state index is 0.129. The Bertz CT molecular complexity index is 370. The Morgan fingerprint density at radius 1 is 1.50 bits per heavy atom. The first kappa shape index (κ1) is 11.6. The molecule has 2 rings (SSSR count). The molecule has 1 aliphatic rings. The molecule has 1 N–H and O–H groups in total. The third-order valence-corrected chi connectivity index (χ3v) is 3.39. The Morgan fingerprint density at radius 3 is 2.88 bits per heavy atom. The third-order valence-electron chi connectivity index (χ3n) is 3.39. The zero-order valence-corrected chi connectivity index (χ0v) is 9.50. The van der Waals surface area contributed by atoms with E-state index in [1.54, 1.807) is 6.07 Å². The molecule has 1 saturated heterocycles. The van der Waals surface area contributed by atoms with Crippen LogP contribution in [0.2, 0.25) is 0 Å². The zero-order chi connectivity index (χ0) is 11.6. The fourth-order valence-electron chi connectivity index (χ4n) is 2.23. The SMILES string of the molecule is Cc1cc(F)ccc1CC1(CO)CCOC1. The Kier molecular flexibility index (Phi) is 3.26. The van der Waals surface area contributed by atoms with Crippen LogP contribution in [0.1, 0.15) is 17.5 Å². The molecule has 1 aromatic rings. The lowest BCUT2D eigenvalue weighted by Crippen LogP contribution is -2.28. The maximum absolute atomic E-state index is 13.0. The van der Waals surface area contributed by atoms with Gasteiger partial charge in [-0.15, -0.1) is 0 Å². The summed E-state index contributed by atoms with van der Waals surface area (Å²) in [7, 11) is 0. The van der Waals surface area contributed by atoms with Gasteiger partial charge in [-0.3, -0.25) is 0 Å². The molecule has 1 fully saturated rings. The third kappa shape index (κ3) is 2.25. The summed E-state index contributed by atoms with van der Waals surface area (Å²) in [5.41, 5.74) is 1.88. The summed E-state index contributed by atoms with van der Waals surface area (Å²) >= 11 is 0. The number of aliphatic hydroxyl groups excluding tert-OH is 1. The summed E-state index contributed by atoms with van der Waals surface area (Å²) < 4.78 is 18.3. The van der Waals surface area contributed by atoms with E-state index in [-0.39, 0.29) is 17.8 Å². The van der Waals surface area contributed by atoms with Crippen LogP contribution in [0.25, 0.3) is 0 Å². The van der Waals surface area contributed by atoms with Crippen molar-refractivity contribution in [2.24, 2.45) is 5.41 Å². The largest absolute Gasteiger partial charge is 0.396 e. The van der Waals surface area contributed by atoms with Crippen LogP contribution in [0, 0.1) is 18.2 Å². The molecule has 1 heterocycles. The first-order valence-electron chi connectivity index (χ1n) is 5.59. The summed E-state index contributed by atoms with van der Waals surface area (Å²) in [4.78, 5) is 0. The molecule has 0 amide bonds. The maximum Gasteiger partial charge on any atom is 0.123 e. The average molecular weight is 224 g/mol. The minimum Gasteiger partial charge on any atom is -0.396 e. The number of benzene rings is 1. The summed E-state index contributed by atoms with van der Waals surface area (Å²) in [5, 5.41) is 9.47. The van der Waals surface area contributed by atoms with Crippen molar-refractivity contribution in [3.05, 3.63) is 35.1 Å².